The van der Waals surface area contributed by atoms with Crippen LogP contribution in [0.15, 0.2) is 12.4 Å². The molecule has 0 spiro atoms. The van der Waals surface area contributed by atoms with E-state index in [0.717, 1.165) is 31.0 Å². The minimum Gasteiger partial charge on any atom is -0.367 e. The second-order valence-corrected chi connectivity index (χ2v) is 5.03. The maximum atomic E-state index is 4.30. The van der Waals surface area contributed by atoms with Gasteiger partial charge in [-0.1, -0.05) is 13.8 Å². The molecule has 1 N–H and O–H groups in total. The number of nitrogens with one attached hydrogen (secondary N) is 1. The zero-order chi connectivity index (χ0) is 12.3. The van der Waals surface area contributed by atoms with Crippen LogP contribution in [0.25, 0.3) is 0 Å². The van der Waals surface area contributed by atoms with Crippen LogP contribution in [0.4, 0.5) is 5.82 Å². The van der Waals surface area contributed by atoms with Gasteiger partial charge in [0.05, 0.1) is 0 Å². The fraction of sp³-hybridized carbons (Fsp3) is 0.692. The van der Waals surface area contributed by atoms with Gasteiger partial charge in [0.25, 0.3) is 0 Å². The van der Waals surface area contributed by atoms with Crippen molar-refractivity contribution in [1.29, 1.82) is 0 Å². The number of aryl methyl sites for hydroxylation is 1. The molecule has 0 bridgehead atoms. The number of hydrogen-bond acceptors (Lipinski definition) is 4. The van der Waals surface area contributed by atoms with Crippen molar-refractivity contribution in [2.45, 2.75) is 32.7 Å². The third kappa shape index (κ3) is 3.16. The lowest BCUT2D eigenvalue weighted by Gasteiger charge is -2.35. The molecular weight excluding hydrogens is 212 g/mol. The highest BCUT2D eigenvalue weighted by Crippen LogP contribution is 2.19. The summed E-state index contributed by atoms with van der Waals surface area (Å²) in [5.41, 5.74) is 1.10. The van der Waals surface area contributed by atoms with Gasteiger partial charge in [0, 0.05) is 24.3 Å². The molecule has 1 aromatic rings. The van der Waals surface area contributed by atoms with Crippen molar-refractivity contribution in [3.8, 4) is 0 Å². The van der Waals surface area contributed by atoms with E-state index >= 15 is 0 Å². The molecule has 0 amide bonds. The van der Waals surface area contributed by atoms with E-state index in [2.05, 4.69) is 47.1 Å². The largest absolute Gasteiger partial charge is 0.367 e. The van der Waals surface area contributed by atoms with Crippen molar-refractivity contribution in [3.05, 3.63) is 18.1 Å². The van der Waals surface area contributed by atoms with Gasteiger partial charge in [-0.2, -0.15) is 0 Å². The highest BCUT2D eigenvalue weighted by Gasteiger charge is 2.24. The van der Waals surface area contributed by atoms with Crippen molar-refractivity contribution >= 4 is 5.82 Å². The predicted octanol–water partition coefficient (Wildman–Crippen LogP) is 1.79. The summed E-state index contributed by atoms with van der Waals surface area (Å²) in [5, 5.41) is 3.55. The molecule has 1 aliphatic rings. The fourth-order valence-corrected chi connectivity index (χ4v) is 2.43. The molecule has 0 radical (unpaired) electrons. The van der Waals surface area contributed by atoms with Crippen molar-refractivity contribution in [2.75, 3.05) is 25.5 Å². The van der Waals surface area contributed by atoms with Crippen LogP contribution in [0.1, 0.15) is 26.0 Å². The minimum atomic E-state index is 0.533. The zero-order valence-electron chi connectivity index (χ0n) is 11.0. The third-order valence-corrected chi connectivity index (χ3v) is 3.53. The second kappa shape index (κ2) is 5.45. The Kier molecular flexibility index (Phi) is 3.94. The quantitative estimate of drug-likeness (QED) is 0.865. The highest BCUT2D eigenvalue weighted by molar-refractivity contribution is 5.36. The van der Waals surface area contributed by atoms with E-state index in [0.29, 0.717) is 12.0 Å². The molecule has 0 aliphatic carbocycles. The van der Waals surface area contributed by atoms with Crippen LogP contribution < -0.4 is 5.32 Å². The Labute approximate surface area is 103 Å². The van der Waals surface area contributed by atoms with Crippen LogP contribution in [-0.2, 0) is 6.42 Å². The Morgan fingerprint density at radius 3 is 3.00 bits per heavy atom. The number of anilines is 1. The monoisotopic (exact) mass is 234 g/mol. The summed E-state index contributed by atoms with van der Waals surface area (Å²) in [6.45, 7) is 6.73. The van der Waals surface area contributed by atoms with Gasteiger partial charge in [0.15, 0.2) is 0 Å². The standard InChI is InChI=1S/C13H22N4/c1-4-11-7-13(15-9-14-11)16-12-5-6-17(3)8-10(12)2/h7,9-10,12H,4-6,8H2,1-3H3,(H,14,15,16). The first-order chi connectivity index (χ1) is 8.19. The van der Waals surface area contributed by atoms with Gasteiger partial charge < -0.3 is 10.2 Å². The number of rotatable bonds is 3. The summed E-state index contributed by atoms with van der Waals surface area (Å²) in [4.78, 5) is 10.9. The maximum Gasteiger partial charge on any atom is 0.129 e. The average Bonchev–Trinajstić information content (AvgIpc) is 2.33. The van der Waals surface area contributed by atoms with E-state index in [1.807, 2.05) is 0 Å². The van der Waals surface area contributed by atoms with E-state index < -0.39 is 0 Å². The maximum absolute atomic E-state index is 4.30. The number of piperidine rings is 1. The molecule has 1 fully saturated rings. The summed E-state index contributed by atoms with van der Waals surface area (Å²) < 4.78 is 0. The van der Waals surface area contributed by atoms with E-state index in [-0.39, 0.29) is 0 Å². The van der Waals surface area contributed by atoms with Gasteiger partial charge in [-0.3, -0.25) is 0 Å². The Bertz CT molecular complexity index is 366. The van der Waals surface area contributed by atoms with E-state index in [1.165, 1.54) is 6.42 Å². The molecule has 0 aromatic carbocycles. The minimum absolute atomic E-state index is 0.533. The zero-order valence-corrected chi connectivity index (χ0v) is 11.0. The van der Waals surface area contributed by atoms with Crippen molar-refractivity contribution < 1.29 is 0 Å². The van der Waals surface area contributed by atoms with Crippen LogP contribution in [-0.4, -0.2) is 41.0 Å². The van der Waals surface area contributed by atoms with Crippen LogP contribution in [0, 0.1) is 5.92 Å². The molecule has 2 unspecified atom stereocenters. The first-order valence-electron chi connectivity index (χ1n) is 6.45. The molecular formula is C13H22N4. The normalized spacial score (nSPS) is 25.8. The summed E-state index contributed by atoms with van der Waals surface area (Å²) in [7, 11) is 2.19. The van der Waals surface area contributed by atoms with E-state index in [4.69, 9.17) is 0 Å². The van der Waals surface area contributed by atoms with Gasteiger partial charge in [-0.05, 0) is 32.4 Å². The molecule has 4 heteroatoms. The second-order valence-electron chi connectivity index (χ2n) is 5.03. The van der Waals surface area contributed by atoms with Gasteiger partial charge in [0.2, 0.25) is 0 Å². The molecule has 2 heterocycles. The van der Waals surface area contributed by atoms with Crippen molar-refractivity contribution in [3.63, 3.8) is 0 Å². The van der Waals surface area contributed by atoms with Crippen molar-refractivity contribution in [2.24, 2.45) is 5.92 Å². The Hall–Kier alpha value is -1.16. The van der Waals surface area contributed by atoms with Gasteiger partial charge >= 0.3 is 0 Å². The van der Waals surface area contributed by atoms with Crippen LogP contribution in [0.2, 0.25) is 0 Å². The molecule has 2 rings (SSSR count). The van der Waals surface area contributed by atoms with Gasteiger partial charge in [-0.25, -0.2) is 9.97 Å². The fourth-order valence-electron chi connectivity index (χ4n) is 2.43. The lowest BCUT2D eigenvalue weighted by atomic mass is 9.94. The number of nitrogens with zero attached hydrogens (tertiary/aromatic N) is 3. The molecule has 1 aliphatic heterocycles. The summed E-state index contributed by atoms with van der Waals surface area (Å²) in [6.07, 6.45) is 3.80. The van der Waals surface area contributed by atoms with E-state index in [9.17, 15) is 0 Å². The molecule has 17 heavy (non-hydrogen) atoms. The predicted molar refractivity (Wildman–Crippen MR) is 70.1 cm³/mol. The molecule has 2 atom stereocenters. The topological polar surface area (TPSA) is 41.0 Å². The number of hydrogen-bond donors (Lipinski definition) is 1. The SMILES string of the molecule is CCc1cc(NC2CCN(C)CC2C)ncn1. The molecule has 1 aromatic heterocycles. The number of likely N-dealkylation sites (tertiary alicyclic amines) is 1. The lowest BCUT2D eigenvalue weighted by molar-refractivity contribution is 0.206. The first kappa shape index (κ1) is 12.3. The van der Waals surface area contributed by atoms with Crippen LogP contribution in [0.5, 0.6) is 0 Å². The number of aromatic nitrogens is 2. The molecule has 0 saturated carbocycles. The summed E-state index contributed by atoms with van der Waals surface area (Å²) >= 11 is 0. The first-order valence-corrected chi connectivity index (χ1v) is 6.45. The third-order valence-electron chi connectivity index (χ3n) is 3.53. The molecule has 1 saturated heterocycles. The molecule has 94 valence electrons. The van der Waals surface area contributed by atoms with E-state index in [1.54, 1.807) is 6.33 Å². The van der Waals surface area contributed by atoms with Gasteiger partial charge in [0.1, 0.15) is 12.1 Å². The van der Waals surface area contributed by atoms with Crippen molar-refractivity contribution in [1.82, 2.24) is 14.9 Å². The molecule has 4 nitrogen and oxygen atoms in total. The Balaban J connectivity index is 2.00. The Morgan fingerprint density at radius 2 is 2.29 bits per heavy atom. The summed E-state index contributed by atoms with van der Waals surface area (Å²) in [6, 6.07) is 2.59. The van der Waals surface area contributed by atoms with Crippen LogP contribution in [0.3, 0.4) is 0 Å². The summed E-state index contributed by atoms with van der Waals surface area (Å²) in [5.74, 6) is 1.63. The van der Waals surface area contributed by atoms with Crippen LogP contribution >= 0.6 is 0 Å². The lowest BCUT2D eigenvalue weighted by Crippen LogP contribution is -2.43. The van der Waals surface area contributed by atoms with Gasteiger partial charge in [-0.15, -0.1) is 0 Å². The highest BCUT2D eigenvalue weighted by atomic mass is 15.1. The Morgan fingerprint density at radius 1 is 1.47 bits per heavy atom. The smallest absolute Gasteiger partial charge is 0.129 e. The average molecular weight is 234 g/mol.